The summed E-state index contributed by atoms with van der Waals surface area (Å²) in [7, 11) is 0. The predicted molar refractivity (Wildman–Crippen MR) is 277 cm³/mol. The van der Waals surface area contributed by atoms with Crippen LogP contribution in [0, 0.1) is 0 Å². The second-order valence-corrected chi connectivity index (χ2v) is 16.8. The number of hydrogen-bond donors (Lipinski definition) is 0. The molecule has 0 aliphatic rings. The Morgan fingerprint density at radius 2 is 0.866 bits per heavy atom. The molecular formula is C62H43N5. The van der Waals surface area contributed by atoms with Gasteiger partial charge in [0.25, 0.3) is 0 Å². The molecule has 9 aromatic carbocycles. The van der Waals surface area contributed by atoms with E-state index in [1.165, 1.54) is 0 Å². The second-order valence-electron chi connectivity index (χ2n) is 16.8. The van der Waals surface area contributed by atoms with Crippen molar-refractivity contribution >= 4 is 32.7 Å². The molecule has 5 heteroatoms. The predicted octanol–water partition coefficient (Wildman–Crippen LogP) is 15.7. The number of fused-ring (bicyclic) bond motifs is 5. The molecule has 67 heavy (non-hydrogen) atoms. The first-order chi connectivity index (χ1) is 33.2. The minimum Gasteiger partial charge on any atom is -0.296 e. The highest BCUT2D eigenvalue weighted by Gasteiger charge is 2.23. The normalized spacial score (nSPS) is 11.4. The summed E-state index contributed by atoms with van der Waals surface area (Å²) in [6.45, 7) is 2.17. The molecule has 0 fully saturated rings. The highest BCUT2D eigenvalue weighted by Crippen LogP contribution is 2.43. The molecule has 12 rings (SSSR count). The molecule has 0 spiro atoms. The van der Waals surface area contributed by atoms with Gasteiger partial charge in [-0.2, -0.15) is 0 Å². The fourth-order valence-corrected chi connectivity index (χ4v) is 9.56. The number of benzene rings is 9. The van der Waals surface area contributed by atoms with E-state index in [1.54, 1.807) is 0 Å². The fourth-order valence-electron chi connectivity index (χ4n) is 9.56. The van der Waals surface area contributed by atoms with Gasteiger partial charge < -0.3 is 0 Å². The Hall–Kier alpha value is -8.80. The minimum absolute atomic E-state index is 0.665. The molecule has 0 unspecified atom stereocenters. The molecule has 0 radical (unpaired) electrons. The lowest BCUT2D eigenvalue weighted by Crippen LogP contribution is -2.01. The van der Waals surface area contributed by atoms with E-state index < -0.39 is 0 Å². The highest BCUT2D eigenvalue weighted by molar-refractivity contribution is 6.20. The number of hydrogen-bond acceptors (Lipinski definition) is 4. The largest absolute Gasteiger partial charge is 0.296 e. The van der Waals surface area contributed by atoms with Crippen molar-refractivity contribution in [3.8, 4) is 84.2 Å². The van der Waals surface area contributed by atoms with Crippen LogP contribution in [0.4, 0.5) is 0 Å². The number of rotatable bonds is 9. The average molecular weight is 858 g/mol. The number of pyridine rings is 1. The monoisotopic (exact) mass is 857 g/mol. The third-order valence-electron chi connectivity index (χ3n) is 12.8. The van der Waals surface area contributed by atoms with Gasteiger partial charge in [-0.15, -0.1) is 0 Å². The van der Waals surface area contributed by atoms with Crippen molar-refractivity contribution in [2.75, 3.05) is 0 Å². The Bertz CT molecular complexity index is 3650. The van der Waals surface area contributed by atoms with Gasteiger partial charge in [-0.3, -0.25) is 4.57 Å². The lowest BCUT2D eigenvalue weighted by Gasteiger charge is -2.18. The molecule has 5 nitrogen and oxygen atoms in total. The molecule has 0 saturated carbocycles. The van der Waals surface area contributed by atoms with Crippen LogP contribution in [-0.4, -0.2) is 24.5 Å². The quantitative estimate of drug-likeness (QED) is 0.136. The fraction of sp³-hybridized carbons (Fsp3) is 0.0323. The summed E-state index contributed by atoms with van der Waals surface area (Å²) in [4.78, 5) is 21.8. The van der Waals surface area contributed by atoms with Crippen molar-refractivity contribution < 1.29 is 0 Å². The summed E-state index contributed by atoms with van der Waals surface area (Å²) in [5.41, 5.74) is 17.1. The summed E-state index contributed by atoms with van der Waals surface area (Å²) >= 11 is 0. The zero-order chi connectivity index (χ0) is 44.7. The van der Waals surface area contributed by atoms with E-state index >= 15 is 0 Å². The Morgan fingerprint density at radius 3 is 1.46 bits per heavy atom. The van der Waals surface area contributed by atoms with Crippen LogP contribution in [0.1, 0.15) is 12.7 Å². The summed E-state index contributed by atoms with van der Waals surface area (Å²) in [6, 6.07) is 81.1. The van der Waals surface area contributed by atoms with E-state index in [0.29, 0.717) is 5.82 Å². The maximum absolute atomic E-state index is 5.49. The molecule has 12 aromatic rings. The maximum atomic E-state index is 5.49. The number of nitrogens with zero attached hydrogens (tertiary/aromatic N) is 5. The first kappa shape index (κ1) is 39.8. The summed E-state index contributed by atoms with van der Waals surface area (Å²) in [5, 5.41) is 3.27. The molecule has 3 aromatic heterocycles. The molecule has 0 aliphatic carbocycles. The van der Waals surface area contributed by atoms with Gasteiger partial charge in [0.1, 0.15) is 5.82 Å². The molecule has 0 amide bonds. The maximum Gasteiger partial charge on any atom is 0.160 e. The third-order valence-corrected chi connectivity index (χ3v) is 12.8. The Morgan fingerprint density at radius 1 is 0.358 bits per heavy atom. The Balaban J connectivity index is 1.10. The number of aromatic nitrogens is 5. The molecule has 316 valence electrons. The number of aryl methyl sites for hydroxylation is 1. The van der Waals surface area contributed by atoms with Crippen LogP contribution in [-0.2, 0) is 6.42 Å². The number of imidazole rings is 1. The van der Waals surface area contributed by atoms with Gasteiger partial charge in [-0.05, 0) is 69.6 Å². The van der Waals surface area contributed by atoms with E-state index in [1.807, 2.05) is 18.2 Å². The first-order valence-corrected chi connectivity index (χ1v) is 22.9. The van der Waals surface area contributed by atoms with E-state index in [9.17, 15) is 0 Å². The van der Waals surface area contributed by atoms with Crippen molar-refractivity contribution in [2.45, 2.75) is 13.3 Å². The van der Waals surface area contributed by atoms with E-state index in [2.05, 4.69) is 224 Å². The topological polar surface area (TPSA) is 56.5 Å². The lowest BCUT2D eigenvalue weighted by atomic mass is 9.91. The van der Waals surface area contributed by atoms with Crippen molar-refractivity contribution in [2.24, 2.45) is 0 Å². The van der Waals surface area contributed by atoms with Crippen LogP contribution >= 0.6 is 0 Å². The van der Waals surface area contributed by atoms with Gasteiger partial charge in [0, 0.05) is 50.7 Å². The highest BCUT2D eigenvalue weighted by atomic mass is 15.1. The van der Waals surface area contributed by atoms with Crippen LogP contribution in [0.15, 0.2) is 231 Å². The van der Waals surface area contributed by atoms with Crippen LogP contribution in [0.2, 0.25) is 0 Å². The zero-order valence-electron chi connectivity index (χ0n) is 36.9. The zero-order valence-corrected chi connectivity index (χ0v) is 36.9. The Kier molecular flexibility index (Phi) is 10.1. The van der Waals surface area contributed by atoms with Gasteiger partial charge in [0.2, 0.25) is 0 Å². The Labute approximate surface area is 389 Å². The van der Waals surface area contributed by atoms with E-state index in [-0.39, 0.29) is 0 Å². The van der Waals surface area contributed by atoms with Gasteiger partial charge in [-0.25, -0.2) is 19.9 Å². The van der Waals surface area contributed by atoms with Crippen LogP contribution in [0.3, 0.4) is 0 Å². The molecule has 0 bridgehead atoms. The third kappa shape index (κ3) is 7.24. The summed E-state index contributed by atoms with van der Waals surface area (Å²) in [5.74, 6) is 1.67. The van der Waals surface area contributed by atoms with E-state index in [0.717, 1.165) is 123 Å². The SMILES string of the molecule is CCc1nc2c3c(-c4ccc(-c5c(-c6cccc(-c7ccccc7)c6)nc(-c6ccccc6)nc5-c5cccc(-c6ccccc6)c5)cc4)nc4ccccc4c3ccc2n1-c1ccccc1. The standard InChI is InChI=1S/C62H43N5/c1-2-55-64-61-54(67(55)50-29-13-6-14-30-50)38-37-52-51-31-15-16-32-53(51)63-58(57(52)61)44-35-33-43(34-36-44)56-59(48-27-17-25-46(39-48)41-19-7-3-8-20-41)65-62(45-23-11-5-12-24-45)66-60(56)49-28-18-26-47(40-49)42-21-9-4-10-22-42/h3-40H,2H2,1H3. The van der Waals surface area contributed by atoms with Gasteiger partial charge in [0.05, 0.1) is 33.6 Å². The smallest absolute Gasteiger partial charge is 0.160 e. The van der Waals surface area contributed by atoms with Gasteiger partial charge in [0.15, 0.2) is 5.82 Å². The molecule has 0 saturated heterocycles. The molecule has 0 N–H and O–H groups in total. The van der Waals surface area contributed by atoms with Crippen LogP contribution in [0.5, 0.6) is 0 Å². The van der Waals surface area contributed by atoms with E-state index in [4.69, 9.17) is 19.9 Å². The average Bonchev–Trinajstić information content (AvgIpc) is 3.81. The summed E-state index contributed by atoms with van der Waals surface area (Å²) in [6.07, 6.45) is 0.786. The first-order valence-electron chi connectivity index (χ1n) is 22.9. The lowest BCUT2D eigenvalue weighted by molar-refractivity contribution is 0.908. The van der Waals surface area contributed by atoms with Crippen molar-refractivity contribution in [1.82, 2.24) is 24.5 Å². The van der Waals surface area contributed by atoms with Crippen LogP contribution < -0.4 is 0 Å². The number of para-hydroxylation sites is 2. The van der Waals surface area contributed by atoms with Gasteiger partial charge >= 0.3 is 0 Å². The van der Waals surface area contributed by atoms with Crippen molar-refractivity contribution in [3.05, 3.63) is 236 Å². The van der Waals surface area contributed by atoms with Crippen molar-refractivity contribution in [3.63, 3.8) is 0 Å². The molecular weight excluding hydrogens is 815 g/mol. The van der Waals surface area contributed by atoms with Gasteiger partial charge in [-0.1, -0.05) is 201 Å². The summed E-state index contributed by atoms with van der Waals surface area (Å²) < 4.78 is 2.29. The molecule has 0 atom stereocenters. The van der Waals surface area contributed by atoms with Crippen LogP contribution in [0.25, 0.3) is 117 Å². The minimum atomic E-state index is 0.665. The van der Waals surface area contributed by atoms with Crippen molar-refractivity contribution in [1.29, 1.82) is 0 Å². The molecule has 3 heterocycles. The second kappa shape index (κ2) is 17.0. The molecule has 0 aliphatic heterocycles.